The zero-order valence-electron chi connectivity index (χ0n) is 15.6. The standard InChI is InChI=1S/C21H28N2O2/c1-14(2)12-16-18(21(16,3)4)19(24)22-17-10-11-23(20(17)25)13-15-8-6-5-7-9-15/h5-9,12,16-18H,10-11,13H2,1-4H3,(H,22,24)/t16-,17+,18+/m1/s1. The van der Waals surface area contributed by atoms with Gasteiger partial charge in [-0.05, 0) is 37.2 Å². The Kier molecular flexibility index (Phi) is 4.72. The van der Waals surface area contributed by atoms with Gasteiger partial charge in [0.05, 0.1) is 5.92 Å². The lowest BCUT2D eigenvalue weighted by atomic mass is 10.1. The Morgan fingerprint density at radius 2 is 1.96 bits per heavy atom. The summed E-state index contributed by atoms with van der Waals surface area (Å²) in [5.74, 6) is 0.301. The van der Waals surface area contributed by atoms with Crippen molar-refractivity contribution in [3.05, 3.63) is 47.5 Å². The minimum atomic E-state index is -0.375. The van der Waals surface area contributed by atoms with E-state index in [-0.39, 0.29) is 35.1 Å². The normalized spacial score (nSPS) is 27.1. The van der Waals surface area contributed by atoms with Crippen LogP contribution in [0.4, 0.5) is 0 Å². The number of hydrogen-bond acceptors (Lipinski definition) is 2. The monoisotopic (exact) mass is 340 g/mol. The molecular formula is C21H28N2O2. The molecule has 4 nitrogen and oxygen atoms in total. The number of benzene rings is 1. The lowest BCUT2D eigenvalue weighted by Gasteiger charge is -2.17. The van der Waals surface area contributed by atoms with E-state index in [4.69, 9.17) is 0 Å². The van der Waals surface area contributed by atoms with E-state index in [0.29, 0.717) is 19.5 Å². The van der Waals surface area contributed by atoms with Crippen LogP contribution in [-0.4, -0.2) is 29.3 Å². The second kappa shape index (κ2) is 6.66. The van der Waals surface area contributed by atoms with E-state index in [2.05, 4.69) is 39.1 Å². The van der Waals surface area contributed by atoms with E-state index in [1.54, 1.807) is 0 Å². The summed E-state index contributed by atoms with van der Waals surface area (Å²) in [6, 6.07) is 9.60. The molecule has 4 heteroatoms. The first-order valence-electron chi connectivity index (χ1n) is 9.09. The maximum Gasteiger partial charge on any atom is 0.245 e. The third-order valence-corrected chi connectivity index (χ3v) is 5.54. The Morgan fingerprint density at radius 3 is 2.60 bits per heavy atom. The second-order valence-corrected chi connectivity index (χ2v) is 8.16. The molecule has 1 heterocycles. The molecule has 3 atom stereocenters. The van der Waals surface area contributed by atoms with Crippen LogP contribution in [0.15, 0.2) is 42.0 Å². The topological polar surface area (TPSA) is 49.4 Å². The van der Waals surface area contributed by atoms with Gasteiger partial charge in [-0.2, -0.15) is 0 Å². The van der Waals surface area contributed by atoms with Gasteiger partial charge in [0.1, 0.15) is 6.04 Å². The fourth-order valence-electron chi connectivity index (χ4n) is 3.94. The maximum absolute atomic E-state index is 12.7. The van der Waals surface area contributed by atoms with E-state index in [1.807, 2.05) is 35.2 Å². The number of carbonyl (C=O) groups is 2. The molecule has 0 bridgehead atoms. The summed E-state index contributed by atoms with van der Waals surface area (Å²) < 4.78 is 0. The molecule has 134 valence electrons. The first-order chi connectivity index (χ1) is 11.8. The van der Waals surface area contributed by atoms with Crippen LogP contribution in [0.25, 0.3) is 0 Å². The Balaban J connectivity index is 1.58. The molecule has 2 amide bonds. The van der Waals surface area contributed by atoms with Crippen molar-refractivity contribution >= 4 is 11.8 Å². The van der Waals surface area contributed by atoms with E-state index in [0.717, 1.165) is 5.56 Å². The molecule has 2 aliphatic rings. The quantitative estimate of drug-likeness (QED) is 0.837. The summed E-state index contributed by atoms with van der Waals surface area (Å²) in [6.45, 7) is 9.68. The third-order valence-electron chi connectivity index (χ3n) is 5.54. The minimum Gasteiger partial charge on any atom is -0.344 e. The number of hydrogen-bond donors (Lipinski definition) is 1. The van der Waals surface area contributed by atoms with Crippen LogP contribution in [0.1, 0.15) is 39.7 Å². The number of amides is 2. The van der Waals surface area contributed by atoms with Gasteiger partial charge >= 0.3 is 0 Å². The highest BCUT2D eigenvalue weighted by Gasteiger charge is 2.60. The molecule has 1 aliphatic heterocycles. The molecular weight excluding hydrogens is 312 g/mol. The molecule has 1 saturated carbocycles. The van der Waals surface area contributed by atoms with E-state index in [1.165, 1.54) is 5.57 Å². The van der Waals surface area contributed by atoms with Crippen LogP contribution in [0, 0.1) is 17.3 Å². The van der Waals surface area contributed by atoms with Crippen molar-refractivity contribution in [1.29, 1.82) is 0 Å². The molecule has 0 aromatic heterocycles. The fourth-order valence-corrected chi connectivity index (χ4v) is 3.94. The fraction of sp³-hybridized carbons (Fsp3) is 0.524. The van der Waals surface area contributed by atoms with Crippen LogP contribution in [0.5, 0.6) is 0 Å². The average Bonchev–Trinajstić information content (AvgIpc) is 2.92. The molecule has 1 aliphatic carbocycles. The summed E-state index contributed by atoms with van der Waals surface area (Å²) in [5, 5.41) is 3.01. The van der Waals surface area contributed by atoms with Crippen molar-refractivity contribution in [2.75, 3.05) is 6.54 Å². The van der Waals surface area contributed by atoms with Crippen molar-refractivity contribution in [3.63, 3.8) is 0 Å². The smallest absolute Gasteiger partial charge is 0.245 e. The Morgan fingerprint density at radius 1 is 1.28 bits per heavy atom. The lowest BCUT2D eigenvalue weighted by molar-refractivity contribution is -0.133. The van der Waals surface area contributed by atoms with Gasteiger partial charge in [-0.15, -0.1) is 0 Å². The number of nitrogens with zero attached hydrogens (tertiary/aromatic N) is 1. The van der Waals surface area contributed by atoms with Gasteiger partial charge in [-0.25, -0.2) is 0 Å². The van der Waals surface area contributed by atoms with Crippen LogP contribution >= 0.6 is 0 Å². The first-order valence-corrected chi connectivity index (χ1v) is 9.09. The molecule has 1 aromatic rings. The van der Waals surface area contributed by atoms with Crippen LogP contribution in [-0.2, 0) is 16.1 Å². The lowest BCUT2D eigenvalue weighted by Crippen LogP contribution is -2.42. The van der Waals surface area contributed by atoms with Crippen LogP contribution in [0.3, 0.4) is 0 Å². The number of carbonyl (C=O) groups excluding carboxylic acids is 2. The predicted molar refractivity (Wildman–Crippen MR) is 98.6 cm³/mol. The van der Waals surface area contributed by atoms with E-state index in [9.17, 15) is 9.59 Å². The average molecular weight is 340 g/mol. The zero-order chi connectivity index (χ0) is 18.2. The highest BCUT2D eigenvalue weighted by atomic mass is 16.2. The molecule has 0 radical (unpaired) electrons. The van der Waals surface area contributed by atoms with Gasteiger partial charge in [0.2, 0.25) is 11.8 Å². The number of nitrogens with one attached hydrogen (secondary N) is 1. The summed E-state index contributed by atoms with van der Waals surface area (Å²) in [4.78, 5) is 27.1. The van der Waals surface area contributed by atoms with Crippen LogP contribution < -0.4 is 5.32 Å². The van der Waals surface area contributed by atoms with Gasteiger partial charge in [0.25, 0.3) is 0 Å². The minimum absolute atomic E-state index is 0.0208. The molecule has 2 fully saturated rings. The van der Waals surface area contributed by atoms with Crippen molar-refractivity contribution < 1.29 is 9.59 Å². The largest absolute Gasteiger partial charge is 0.344 e. The second-order valence-electron chi connectivity index (χ2n) is 8.16. The third kappa shape index (κ3) is 3.63. The van der Waals surface area contributed by atoms with Crippen molar-refractivity contribution in [2.45, 2.75) is 46.7 Å². The first kappa shape index (κ1) is 17.7. The van der Waals surface area contributed by atoms with Gasteiger partial charge in [-0.3, -0.25) is 9.59 Å². The molecule has 3 rings (SSSR count). The number of allylic oxidation sites excluding steroid dienone is 2. The highest BCUT2D eigenvalue weighted by Crippen LogP contribution is 2.59. The Bertz CT molecular complexity index is 689. The summed E-state index contributed by atoms with van der Waals surface area (Å²) in [7, 11) is 0. The van der Waals surface area contributed by atoms with Gasteiger partial charge in [0.15, 0.2) is 0 Å². The Labute approximate surface area is 150 Å². The van der Waals surface area contributed by atoms with Crippen molar-refractivity contribution in [2.24, 2.45) is 17.3 Å². The summed E-state index contributed by atoms with van der Waals surface area (Å²) in [6.07, 6.45) is 2.88. The molecule has 0 spiro atoms. The summed E-state index contributed by atoms with van der Waals surface area (Å²) in [5.41, 5.74) is 2.33. The molecule has 25 heavy (non-hydrogen) atoms. The van der Waals surface area contributed by atoms with Crippen LogP contribution in [0.2, 0.25) is 0 Å². The molecule has 1 N–H and O–H groups in total. The zero-order valence-corrected chi connectivity index (χ0v) is 15.6. The predicted octanol–water partition coefficient (Wildman–Crippen LogP) is 3.14. The Hall–Kier alpha value is -2.10. The van der Waals surface area contributed by atoms with Crippen molar-refractivity contribution in [3.8, 4) is 0 Å². The maximum atomic E-state index is 12.7. The number of rotatable bonds is 5. The van der Waals surface area contributed by atoms with E-state index >= 15 is 0 Å². The number of likely N-dealkylation sites (tertiary alicyclic amines) is 1. The van der Waals surface area contributed by atoms with Gasteiger partial charge in [-0.1, -0.05) is 55.8 Å². The summed E-state index contributed by atoms with van der Waals surface area (Å²) >= 11 is 0. The van der Waals surface area contributed by atoms with Gasteiger partial charge in [0, 0.05) is 13.1 Å². The van der Waals surface area contributed by atoms with Crippen molar-refractivity contribution in [1.82, 2.24) is 10.2 Å². The highest BCUT2D eigenvalue weighted by molar-refractivity contribution is 5.91. The van der Waals surface area contributed by atoms with Gasteiger partial charge < -0.3 is 10.2 Å². The SMILES string of the molecule is CC(C)=C[C@@H]1[C@@H](C(=O)N[C@H]2CCN(Cc3ccccc3)C2=O)C1(C)C. The molecule has 1 aromatic carbocycles. The van der Waals surface area contributed by atoms with E-state index < -0.39 is 0 Å². The molecule has 0 unspecified atom stereocenters. The molecule has 1 saturated heterocycles.